The van der Waals surface area contributed by atoms with E-state index in [-0.39, 0.29) is 5.84 Å². The molecule has 0 unspecified atom stereocenters. The van der Waals surface area contributed by atoms with E-state index in [9.17, 15) is 0 Å². The monoisotopic (exact) mass is 287 g/mol. The van der Waals surface area contributed by atoms with Crippen molar-refractivity contribution in [2.24, 2.45) is 5.73 Å². The summed E-state index contributed by atoms with van der Waals surface area (Å²) in [6, 6.07) is 2.12. The summed E-state index contributed by atoms with van der Waals surface area (Å²) in [6.07, 6.45) is 5.72. The number of anilines is 1. The lowest BCUT2D eigenvalue weighted by Crippen LogP contribution is -2.32. The Hall–Kier alpha value is -1.62. The minimum absolute atomic E-state index is 0.142. The number of amidine groups is 1. The standard InChI is InChI=1S/C16H25N5/c1-20-7-4-8-21(10-9-20)16-13(15(17)18)11-12-5-2-3-6-14(12)19-16/h11H,2-10H2,1H3,(H3,17,18). The molecule has 1 aromatic heterocycles. The van der Waals surface area contributed by atoms with E-state index in [1.54, 1.807) is 0 Å². The maximum Gasteiger partial charge on any atom is 0.139 e. The van der Waals surface area contributed by atoms with Gasteiger partial charge in [0.25, 0.3) is 0 Å². The van der Waals surface area contributed by atoms with Crippen molar-refractivity contribution < 1.29 is 0 Å². The van der Waals surface area contributed by atoms with Crippen LogP contribution in [0, 0.1) is 5.41 Å². The van der Waals surface area contributed by atoms with Crippen LogP contribution in [0.3, 0.4) is 0 Å². The molecule has 0 amide bonds. The van der Waals surface area contributed by atoms with Gasteiger partial charge in [0.1, 0.15) is 11.7 Å². The predicted molar refractivity (Wildman–Crippen MR) is 86.2 cm³/mol. The smallest absolute Gasteiger partial charge is 0.139 e. The van der Waals surface area contributed by atoms with E-state index in [2.05, 4.69) is 22.9 Å². The maximum absolute atomic E-state index is 7.91. The number of hydrogen-bond donors (Lipinski definition) is 2. The van der Waals surface area contributed by atoms with Gasteiger partial charge in [-0.05, 0) is 57.3 Å². The Kier molecular flexibility index (Phi) is 4.10. The topological polar surface area (TPSA) is 69.2 Å². The summed E-state index contributed by atoms with van der Waals surface area (Å²) in [5.74, 6) is 1.07. The molecule has 0 saturated carbocycles. The van der Waals surface area contributed by atoms with Gasteiger partial charge in [-0.25, -0.2) is 4.98 Å². The van der Waals surface area contributed by atoms with Gasteiger partial charge in [-0.2, -0.15) is 0 Å². The average molecular weight is 287 g/mol. The lowest BCUT2D eigenvalue weighted by atomic mass is 9.94. The van der Waals surface area contributed by atoms with Crippen molar-refractivity contribution in [3.8, 4) is 0 Å². The Morgan fingerprint density at radius 2 is 1.95 bits per heavy atom. The van der Waals surface area contributed by atoms with Crippen molar-refractivity contribution in [3.63, 3.8) is 0 Å². The Bertz CT molecular complexity index is 540. The number of nitrogens with two attached hydrogens (primary N) is 1. The molecule has 0 aromatic carbocycles. The van der Waals surface area contributed by atoms with Crippen molar-refractivity contribution >= 4 is 11.7 Å². The normalized spacial score (nSPS) is 20.0. The molecule has 114 valence electrons. The number of fused-ring (bicyclic) bond motifs is 1. The average Bonchev–Trinajstić information content (AvgIpc) is 2.70. The SMILES string of the molecule is CN1CCCN(c2nc3c(cc2C(=N)N)CCCC3)CC1. The highest BCUT2D eigenvalue weighted by Gasteiger charge is 2.21. The highest BCUT2D eigenvalue weighted by molar-refractivity contribution is 5.99. The molecule has 5 nitrogen and oxygen atoms in total. The van der Waals surface area contributed by atoms with E-state index in [1.165, 1.54) is 24.1 Å². The molecule has 1 saturated heterocycles. The van der Waals surface area contributed by atoms with Gasteiger partial charge in [0, 0.05) is 25.3 Å². The molecule has 1 aliphatic carbocycles. The van der Waals surface area contributed by atoms with Crippen LogP contribution in [0.2, 0.25) is 0 Å². The fourth-order valence-electron chi connectivity index (χ4n) is 3.32. The van der Waals surface area contributed by atoms with E-state index >= 15 is 0 Å². The summed E-state index contributed by atoms with van der Waals surface area (Å²) < 4.78 is 0. The minimum Gasteiger partial charge on any atom is -0.384 e. The van der Waals surface area contributed by atoms with Crippen LogP contribution in [-0.2, 0) is 12.8 Å². The van der Waals surface area contributed by atoms with E-state index in [4.69, 9.17) is 16.1 Å². The number of nitrogens with zero attached hydrogens (tertiary/aromatic N) is 3. The molecule has 1 aliphatic heterocycles. The van der Waals surface area contributed by atoms with Crippen LogP contribution in [0.4, 0.5) is 5.82 Å². The minimum atomic E-state index is 0.142. The first-order valence-electron chi connectivity index (χ1n) is 7.96. The summed E-state index contributed by atoms with van der Waals surface area (Å²) in [5.41, 5.74) is 9.16. The Morgan fingerprint density at radius 3 is 2.76 bits per heavy atom. The molecule has 3 N–H and O–H groups in total. The zero-order valence-electron chi connectivity index (χ0n) is 12.9. The first kappa shape index (κ1) is 14.3. The Morgan fingerprint density at radius 1 is 1.14 bits per heavy atom. The zero-order valence-corrected chi connectivity index (χ0v) is 12.9. The molecule has 3 rings (SSSR count). The van der Waals surface area contributed by atoms with E-state index in [1.807, 2.05) is 0 Å². The molecular weight excluding hydrogens is 262 g/mol. The third kappa shape index (κ3) is 3.02. The number of likely N-dealkylation sites (N-methyl/N-ethyl adjacent to an activating group) is 1. The van der Waals surface area contributed by atoms with Crippen molar-refractivity contribution in [2.45, 2.75) is 32.1 Å². The fourth-order valence-corrected chi connectivity index (χ4v) is 3.32. The molecule has 2 aliphatic rings. The number of pyridine rings is 1. The molecule has 0 atom stereocenters. The number of nitrogen functional groups attached to an aromatic ring is 1. The Balaban J connectivity index is 1.97. The molecule has 5 heteroatoms. The lowest BCUT2D eigenvalue weighted by Gasteiger charge is -2.26. The van der Waals surface area contributed by atoms with Crippen LogP contribution in [-0.4, -0.2) is 48.9 Å². The van der Waals surface area contributed by atoms with Crippen molar-refractivity contribution in [2.75, 3.05) is 38.1 Å². The van der Waals surface area contributed by atoms with E-state index in [0.29, 0.717) is 0 Å². The van der Waals surface area contributed by atoms with Crippen LogP contribution < -0.4 is 10.6 Å². The van der Waals surface area contributed by atoms with Gasteiger partial charge < -0.3 is 15.5 Å². The fraction of sp³-hybridized carbons (Fsp3) is 0.625. The molecule has 0 bridgehead atoms. The second-order valence-electron chi connectivity index (χ2n) is 6.23. The summed E-state index contributed by atoms with van der Waals surface area (Å²) in [4.78, 5) is 9.58. The number of rotatable bonds is 2. The number of aryl methyl sites for hydroxylation is 2. The van der Waals surface area contributed by atoms with Crippen molar-refractivity contribution in [1.29, 1.82) is 5.41 Å². The third-order valence-electron chi connectivity index (χ3n) is 4.59. The van der Waals surface area contributed by atoms with Gasteiger partial charge >= 0.3 is 0 Å². The maximum atomic E-state index is 7.91. The second-order valence-corrected chi connectivity index (χ2v) is 6.23. The van der Waals surface area contributed by atoms with E-state index in [0.717, 1.165) is 56.8 Å². The van der Waals surface area contributed by atoms with Crippen LogP contribution in [0.25, 0.3) is 0 Å². The summed E-state index contributed by atoms with van der Waals surface area (Å²) in [5, 5.41) is 7.91. The third-order valence-corrected chi connectivity index (χ3v) is 4.59. The predicted octanol–water partition coefficient (Wildman–Crippen LogP) is 1.39. The number of hydrogen-bond acceptors (Lipinski definition) is 4. The van der Waals surface area contributed by atoms with Gasteiger partial charge in [-0.1, -0.05) is 0 Å². The largest absolute Gasteiger partial charge is 0.384 e. The molecule has 1 aromatic rings. The molecule has 2 heterocycles. The Labute approximate surface area is 126 Å². The summed E-state index contributed by atoms with van der Waals surface area (Å²) in [7, 11) is 2.16. The highest BCUT2D eigenvalue weighted by atomic mass is 15.2. The van der Waals surface area contributed by atoms with Gasteiger partial charge in [0.05, 0.1) is 5.56 Å². The first-order valence-corrected chi connectivity index (χ1v) is 7.96. The number of aromatic nitrogens is 1. The molecule has 0 radical (unpaired) electrons. The summed E-state index contributed by atoms with van der Waals surface area (Å²) >= 11 is 0. The van der Waals surface area contributed by atoms with E-state index < -0.39 is 0 Å². The van der Waals surface area contributed by atoms with Gasteiger partial charge in [0.2, 0.25) is 0 Å². The van der Waals surface area contributed by atoms with Crippen LogP contribution in [0.15, 0.2) is 6.07 Å². The molecule has 21 heavy (non-hydrogen) atoms. The summed E-state index contributed by atoms with van der Waals surface area (Å²) in [6.45, 7) is 4.12. The second kappa shape index (κ2) is 6.02. The van der Waals surface area contributed by atoms with Crippen LogP contribution in [0.5, 0.6) is 0 Å². The van der Waals surface area contributed by atoms with Gasteiger partial charge in [-0.15, -0.1) is 0 Å². The van der Waals surface area contributed by atoms with Gasteiger partial charge in [0.15, 0.2) is 0 Å². The quantitative estimate of drug-likeness (QED) is 0.637. The number of nitrogens with one attached hydrogen (secondary N) is 1. The first-order chi connectivity index (χ1) is 10.1. The molecule has 1 fully saturated rings. The van der Waals surface area contributed by atoms with Gasteiger partial charge in [-0.3, -0.25) is 5.41 Å². The van der Waals surface area contributed by atoms with Crippen LogP contribution >= 0.6 is 0 Å². The lowest BCUT2D eigenvalue weighted by molar-refractivity contribution is 0.360. The van der Waals surface area contributed by atoms with Crippen molar-refractivity contribution in [3.05, 3.63) is 22.9 Å². The highest BCUT2D eigenvalue weighted by Crippen LogP contribution is 2.27. The molecular formula is C16H25N5. The zero-order chi connectivity index (χ0) is 14.8. The van der Waals surface area contributed by atoms with Crippen molar-refractivity contribution in [1.82, 2.24) is 9.88 Å². The van der Waals surface area contributed by atoms with Crippen LogP contribution in [0.1, 0.15) is 36.1 Å². The molecule has 0 spiro atoms.